The van der Waals surface area contributed by atoms with Gasteiger partial charge in [0.25, 0.3) is 11.8 Å². The Bertz CT molecular complexity index is 1270. The number of nitrogens with zero attached hydrogens (tertiary/aromatic N) is 2. The molecule has 8 heteroatoms. The van der Waals surface area contributed by atoms with E-state index in [4.69, 9.17) is 4.84 Å². The Kier molecular flexibility index (Phi) is 9.00. The number of carbonyl (C=O) groups is 2. The Morgan fingerprint density at radius 2 is 1.77 bits per heavy atom. The van der Waals surface area contributed by atoms with E-state index < -0.39 is 6.10 Å². The van der Waals surface area contributed by atoms with Crippen molar-refractivity contribution < 1.29 is 14.4 Å². The molecule has 4 rings (SSSR count). The van der Waals surface area contributed by atoms with Crippen LogP contribution < -0.4 is 16.0 Å². The van der Waals surface area contributed by atoms with E-state index in [1.165, 1.54) is 0 Å². The van der Waals surface area contributed by atoms with Gasteiger partial charge < -0.3 is 20.8 Å². The van der Waals surface area contributed by atoms with Crippen LogP contribution in [-0.4, -0.2) is 61.3 Å². The number of nitrogens with one attached hydrogen (secondary N) is 3. The van der Waals surface area contributed by atoms with Gasteiger partial charge in [0.15, 0.2) is 0 Å². The average Bonchev–Trinajstić information content (AvgIpc) is 3.38. The highest BCUT2D eigenvalue weighted by Gasteiger charge is 2.30. The van der Waals surface area contributed by atoms with Crippen LogP contribution in [0.25, 0.3) is 0 Å². The van der Waals surface area contributed by atoms with E-state index in [1.54, 1.807) is 0 Å². The van der Waals surface area contributed by atoms with Crippen LogP contribution in [0, 0.1) is 12.3 Å². The van der Waals surface area contributed by atoms with E-state index in [2.05, 4.69) is 73.6 Å². The molecule has 0 radical (unpaired) electrons. The summed E-state index contributed by atoms with van der Waals surface area (Å²) in [5, 5.41) is 13.7. The molecule has 1 atom stereocenters. The van der Waals surface area contributed by atoms with Crippen molar-refractivity contribution in [3.05, 3.63) is 64.2 Å². The number of hydrogen-bond acceptors (Lipinski definition) is 6. The van der Waals surface area contributed by atoms with Crippen molar-refractivity contribution in [1.29, 1.82) is 0 Å². The second kappa shape index (κ2) is 12.1. The minimum Gasteiger partial charge on any atom is -0.382 e. The molecular weight excluding hydrogens is 502 g/mol. The smallest absolute Gasteiger partial charge is 0.264 e. The normalized spacial score (nSPS) is 18.2. The van der Waals surface area contributed by atoms with Gasteiger partial charge in [-0.15, -0.1) is 0 Å². The molecule has 216 valence electrons. The van der Waals surface area contributed by atoms with E-state index in [0.717, 1.165) is 55.0 Å². The molecule has 0 aliphatic carbocycles. The summed E-state index contributed by atoms with van der Waals surface area (Å²) in [7, 11) is 0. The summed E-state index contributed by atoms with van der Waals surface area (Å²) in [6.45, 7) is 20.1. The fraction of sp³-hybridized carbons (Fsp3) is 0.531. The first-order valence-electron chi connectivity index (χ1n) is 14.3. The van der Waals surface area contributed by atoms with E-state index in [9.17, 15) is 9.59 Å². The fourth-order valence-corrected chi connectivity index (χ4v) is 4.83. The molecule has 2 aromatic carbocycles. The molecule has 0 spiro atoms. The average molecular weight is 548 g/mol. The summed E-state index contributed by atoms with van der Waals surface area (Å²) in [6, 6.07) is 12.0. The maximum Gasteiger partial charge on any atom is 0.264 e. The molecule has 2 aliphatic heterocycles. The Morgan fingerprint density at radius 3 is 2.45 bits per heavy atom. The first-order valence-corrected chi connectivity index (χ1v) is 14.3. The van der Waals surface area contributed by atoms with Crippen molar-refractivity contribution in [2.75, 3.05) is 38.0 Å². The third-order valence-electron chi connectivity index (χ3n) is 7.30. The van der Waals surface area contributed by atoms with Crippen LogP contribution in [0.1, 0.15) is 80.6 Å². The van der Waals surface area contributed by atoms with E-state index in [-0.39, 0.29) is 22.6 Å². The van der Waals surface area contributed by atoms with E-state index >= 15 is 0 Å². The molecule has 2 aliphatic rings. The summed E-state index contributed by atoms with van der Waals surface area (Å²) in [5.41, 5.74) is 6.10. The van der Waals surface area contributed by atoms with E-state index in [1.807, 2.05) is 37.3 Å². The van der Waals surface area contributed by atoms with Crippen LogP contribution in [0.4, 0.5) is 5.69 Å². The molecule has 2 aromatic rings. The number of oxime groups is 1. The lowest BCUT2D eigenvalue weighted by Crippen LogP contribution is -2.42. The molecule has 8 nitrogen and oxygen atoms in total. The topological polar surface area (TPSA) is 95.1 Å². The van der Waals surface area contributed by atoms with Crippen molar-refractivity contribution in [2.24, 2.45) is 10.6 Å². The van der Waals surface area contributed by atoms with Gasteiger partial charge in [-0.3, -0.25) is 14.5 Å². The zero-order valence-corrected chi connectivity index (χ0v) is 25.1. The number of amides is 2. The quantitative estimate of drug-likeness (QED) is 0.471. The number of aryl methyl sites for hydroxylation is 1. The summed E-state index contributed by atoms with van der Waals surface area (Å²) in [4.78, 5) is 34.0. The highest BCUT2D eigenvalue weighted by Crippen LogP contribution is 2.27. The van der Waals surface area contributed by atoms with Crippen molar-refractivity contribution in [1.82, 2.24) is 15.5 Å². The lowest BCUT2D eigenvalue weighted by atomic mass is 9.85. The predicted molar refractivity (Wildman–Crippen MR) is 161 cm³/mol. The summed E-state index contributed by atoms with van der Waals surface area (Å²) < 4.78 is 0. The van der Waals surface area contributed by atoms with Crippen LogP contribution >= 0.6 is 0 Å². The minimum absolute atomic E-state index is 0.0146. The molecule has 1 unspecified atom stereocenters. The Morgan fingerprint density at radius 1 is 1.05 bits per heavy atom. The van der Waals surface area contributed by atoms with Crippen LogP contribution in [0.2, 0.25) is 0 Å². The lowest BCUT2D eigenvalue weighted by molar-refractivity contribution is -0.131. The van der Waals surface area contributed by atoms with Crippen molar-refractivity contribution >= 4 is 23.2 Å². The second-order valence-corrected chi connectivity index (χ2v) is 13.3. The first-order chi connectivity index (χ1) is 18.8. The molecule has 0 aromatic heterocycles. The fourth-order valence-electron chi connectivity index (χ4n) is 4.83. The number of rotatable bonds is 7. The minimum atomic E-state index is -0.649. The van der Waals surface area contributed by atoms with Gasteiger partial charge in [-0.25, -0.2) is 0 Å². The maximum absolute atomic E-state index is 13.5. The van der Waals surface area contributed by atoms with Gasteiger partial charge in [-0.1, -0.05) is 58.8 Å². The van der Waals surface area contributed by atoms with Crippen molar-refractivity contribution in [2.45, 2.75) is 73.0 Å². The third kappa shape index (κ3) is 7.92. The molecule has 2 amide bonds. The standard InChI is InChI=1S/C32H45N5O3/c1-21-8-9-25(17-26(21)27-18-28(40-36-27)30(39)34-20-31(2,3)4)35-29(38)23-14-22(15-24(16-23)32(5,6)7)19-37-12-10-33-11-13-37/h8-9,14-17,28,33H,10-13,18-20H2,1-7H3,(H,34,39)(H,35,38). The third-order valence-corrected chi connectivity index (χ3v) is 7.30. The zero-order valence-electron chi connectivity index (χ0n) is 25.1. The SMILES string of the molecule is Cc1ccc(NC(=O)c2cc(CN3CCNCC3)cc(C(C)(C)C)c2)cc1C1=NOC(C(=O)NCC(C)(C)C)C1. The number of carbonyl (C=O) groups excluding carboxylic acids is 2. The first kappa shape index (κ1) is 29.7. The molecule has 40 heavy (non-hydrogen) atoms. The van der Waals surface area contributed by atoms with E-state index in [0.29, 0.717) is 29.9 Å². The summed E-state index contributed by atoms with van der Waals surface area (Å²) in [6.07, 6.45) is -0.263. The van der Waals surface area contributed by atoms with Crippen LogP contribution in [0.3, 0.4) is 0 Å². The highest BCUT2D eigenvalue weighted by atomic mass is 16.6. The van der Waals surface area contributed by atoms with Gasteiger partial charge in [0.05, 0.1) is 5.71 Å². The summed E-state index contributed by atoms with van der Waals surface area (Å²) >= 11 is 0. The molecule has 2 heterocycles. The van der Waals surface area contributed by atoms with Gasteiger partial charge in [-0.2, -0.15) is 0 Å². The number of hydrogen-bond donors (Lipinski definition) is 3. The number of anilines is 1. The Hall–Kier alpha value is -3.23. The Labute approximate surface area is 238 Å². The summed E-state index contributed by atoms with van der Waals surface area (Å²) in [5.74, 6) is -0.308. The molecule has 3 N–H and O–H groups in total. The van der Waals surface area contributed by atoms with Gasteiger partial charge in [0, 0.05) is 62.5 Å². The molecule has 0 saturated carbocycles. The maximum atomic E-state index is 13.5. The van der Waals surface area contributed by atoms with Gasteiger partial charge in [0.1, 0.15) is 0 Å². The Balaban J connectivity index is 1.49. The molecule has 0 bridgehead atoms. The van der Waals surface area contributed by atoms with Gasteiger partial charge in [-0.05, 0) is 58.7 Å². The molecule has 1 saturated heterocycles. The number of benzene rings is 2. The van der Waals surface area contributed by atoms with Crippen molar-refractivity contribution in [3.8, 4) is 0 Å². The van der Waals surface area contributed by atoms with Crippen molar-refractivity contribution in [3.63, 3.8) is 0 Å². The molecular formula is C32H45N5O3. The second-order valence-electron chi connectivity index (χ2n) is 13.3. The zero-order chi connectivity index (χ0) is 29.1. The predicted octanol–water partition coefficient (Wildman–Crippen LogP) is 4.61. The monoisotopic (exact) mass is 547 g/mol. The number of piperazine rings is 1. The van der Waals surface area contributed by atoms with Crippen LogP contribution in [-0.2, 0) is 21.6 Å². The van der Waals surface area contributed by atoms with Gasteiger partial charge >= 0.3 is 0 Å². The van der Waals surface area contributed by atoms with Gasteiger partial charge in [0.2, 0.25) is 6.10 Å². The van der Waals surface area contributed by atoms with Crippen LogP contribution in [0.15, 0.2) is 41.6 Å². The largest absolute Gasteiger partial charge is 0.382 e. The highest BCUT2D eigenvalue weighted by molar-refractivity contribution is 6.08. The van der Waals surface area contributed by atoms with Crippen LogP contribution in [0.5, 0.6) is 0 Å². The molecule has 1 fully saturated rings. The lowest BCUT2D eigenvalue weighted by Gasteiger charge is -2.28.